The van der Waals surface area contributed by atoms with Crippen LogP contribution in [0.4, 0.5) is 5.82 Å². The fourth-order valence-corrected chi connectivity index (χ4v) is 5.01. The van der Waals surface area contributed by atoms with Crippen molar-refractivity contribution < 1.29 is 9.59 Å². The van der Waals surface area contributed by atoms with E-state index in [0.717, 1.165) is 40.7 Å². The molecule has 3 aromatic rings. The van der Waals surface area contributed by atoms with Crippen LogP contribution in [0.3, 0.4) is 0 Å². The molecule has 1 saturated heterocycles. The summed E-state index contributed by atoms with van der Waals surface area (Å²) >= 11 is 0. The van der Waals surface area contributed by atoms with E-state index in [4.69, 9.17) is 9.97 Å². The highest BCUT2D eigenvalue weighted by molar-refractivity contribution is 6.05. The molecule has 2 aliphatic heterocycles. The fraction of sp³-hybridized carbons (Fsp3) is 0.423. The molecular weight excluding hydrogens is 414 g/mol. The van der Waals surface area contributed by atoms with Gasteiger partial charge in [-0.05, 0) is 43.6 Å². The van der Waals surface area contributed by atoms with Gasteiger partial charge in [0, 0.05) is 42.4 Å². The average Bonchev–Trinajstić information content (AvgIpc) is 3.30. The van der Waals surface area contributed by atoms with Crippen molar-refractivity contribution in [2.24, 2.45) is 5.92 Å². The van der Waals surface area contributed by atoms with Crippen LogP contribution in [0.1, 0.15) is 66.7 Å². The minimum absolute atomic E-state index is 0.0941. The number of anilines is 1. The average molecular weight is 444 g/mol. The molecule has 7 nitrogen and oxygen atoms in total. The van der Waals surface area contributed by atoms with Gasteiger partial charge in [-0.2, -0.15) is 0 Å². The summed E-state index contributed by atoms with van der Waals surface area (Å²) in [6, 6.07) is 9.52. The third-order valence-corrected chi connectivity index (χ3v) is 6.59. The number of pyridine rings is 1. The Hall–Kier alpha value is -3.35. The minimum Gasteiger partial charge on any atom is -0.327 e. The molecule has 1 atom stereocenters. The van der Waals surface area contributed by atoms with Crippen molar-refractivity contribution in [2.75, 3.05) is 18.0 Å². The molecule has 170 valence electrons. The molecule has 0 N–H and O–H groups in total. The topological polar surface area (TPSA) is 79.3 Å². The predicted octanol–water partition coefficient (Wildman–Crippen LogP) is 4.25. The highest BCUT2D eigenvalue weighted by Crippen LogP contribution is 2.36. The van der Waals surface area contributed by atoms with E-state index in [1.807, 2.05) is 47.1 Å². The van der Waals surface area contributed by atoms with E-state index in [-0.39, 0.29) is 17.9 Å². The van der Waals surface area contributed by atoms with Gasteiger partial charge in [-0.25, -0.2) is 9.97 Å². The van der Waals surface area contributed by atoms with Crippen molar-refractivity contribution in [3.63, 3.8) is 0 Å². The normalized spacial score (nSPS) is 18.3. The van der Waals surface area contributed by atoms with Gasteiger partial charge in [-0.1, -0.05) is 38.1 Å². The second-order valence-corrected chi connectivity index (χ2v) is 9.40. The molecule has 1 aromatic carbocycles. The molecule has 0 saturated carbocycles. The van der Waals surface area contributed by atoms with Gasteiger partial charge in [0.1, 0.15) is 11.5 Å². The number of likely N-dealkylation sites (tertiary alicyclic amines) is 1. The van der Waals surface area contributed by atoms with Gasteiger partial charge in [0.15, 0.2) is 5.82 Å². The third kappa shape index (κ3) is 3.86. The van der Waals surface area contributed by atoms with Gasteiger partial charge in [-0.3, -0.25) is 19.5 Å². The number of benzene rings is 1. The van der Waals surface area contributed by atoms with Crippen LogP contribution in [0.5, 0.6) is 0 Å². The Balaban J connectivity index is 1.53. The molecule has 7 heteroatoms. The number of nitrogens with zero attached hydrogens (tertiary/aromatic N) is 5. The summed E-state index contributed by atoms with van der Waals surface area (Å²) in [7, 11) is 0. The van der Waals surface area contributed by atoms with E-state index < -0.39 is 0 Å². The van der Waals surface area contributed by atoms with Crippen molar-refractivity contribution >= 4 is 28.4 Å². The maximum Gasteiger partial charge on any atom is 0.273 e. The summed E-state index contributed by atoms with van der Waals surface area (Å²) in [5.74, 6) is 1.70. The highest BCUT2D eigenvalue weighted by atomic mass is 16.2. The van der Waals surface area contributed by atoms with E-state index in [2.05, 4.69) is 18.8 Å². The van der Waals surface area contributed by atoms with Crippen molar-refractivity contribution in [3.05, 3.63) is 59.3 Å². The number of carbonyl (C=O) groups is 2. The quantitative estimate of drug-likeness (QED) is 0.602. The van der Waals surface area contributed by atoms with E-state index in [1.165, 1.54) is 0 Å². The Bertz CT molecular complexity index is 1230. The number of amides is 2. The van der Waals surface area contributed by atoms with Crippen LogP contribution < -0.4 is 4.90 Å². The Labute approximate surface area is 193 Å². The summed E-state index contributed by atoms with van der Waals surface area (Å²) in [5, 5.41) is 1.85. The third-order valence-electron chi connectivity index (χ3n) is 6.59. The molecule has 0 radical (unpaired) electrons. The number of hydrogen-bond acceptors (Lipinski definition) is 5. The standard InChI is InChI=1S/C26H29N5O2/c1-16(2)15-31-22(32)11-10-19-17(3)28-24(29-25(19)31)21-9-6-14-30(21)26(33)23-20-8-5-4-7-18(20)12-13-27-23/h4-5,7-8,12-13,16,21H,6,9-11,14-15H2,1-3H3/t21-/m0/s1. The minimum atomic E-state index is -0.222. The van der Waals surface area contributed by atoms with Crippen molar-refractivity contribution in [2.45, 2.75) is 52.5 Å². The number of rotatable bonds is 4. The molecule has 4 heterocycles. The van der Waals surface area contributed by atoms with Gasteiger partial charge in [0.2, 0.25) is 5.91 Å². The van der Waals surface area contributed by atoms with E-state index in [9.17, 15) is 9.59 Å². The van der Waals surface area contributed by atoms with Crippen LogP contribution in [0, 0.1) is 12.8 Å². The lowest BCUT2D eigenvalue weighted by molar-refractivity contribution is -0.119. The van der Waals surface area contributed by atoms with Crippen molar-refractivity contribution in [1.29, 1.82) is 0 Å². The zero-order chi connectivity index (χ0) is 23.1. The molecule has 33 heavy (non-hydrogen) atoms. The first kappa shape index (κ1) is 21.5. The predicted molar refractivity (Wildman–Crippen MR) is 127 cm³/mol. The van der Waals surface area contributed by atoms with Crippen LogP contribution in [-0.4, -0.2) is 44.8 Å². The fourth-order valence-electron chi connectivity index (χ4n) is 5.01. The van der Waals surface area contributed by atoms with Gasteiger partial charge < -0.3 is 4.90 Å². The van der Waals surface area contributed by atoms with Gasteiger partial charge in [0.05, 0.1) is 6.04 Å². The lowest BCUT2D eigenvalue weighted by Crippen LogP contribution is -2.40. The molecule has 0 unspecified atom stereocenters. The summed E-state index contributed by atoms with van der Waals surface area (Å²) < 4.78 is 0. The summed E-state index contributed by atoms with van der Waals surface area (Å²) in [6.07, 6.45) is 4.53. The zero-order valence-electron chi connectivity index (χ0n) is 19.4. The molecule has 2 aliphatic rings. The van der Waals surface area contributed by atoms with E-state index >= 15 is 0 Å². The van der Waals surface area contributed by atoms with Crippen molar-refractivity contribution in [1.82, 2.24) is 19.9 Å². The number of aryl methyl sites for hydroxylation is 1. The Kier molecular flexibility index (Phi) is 5.56. The van der Waals surface area contributed by atoms with Crippen LogP contribution in [0.15, 0.2) is 36.5 Å². The number of aromatic nitrogens is 3. The molecule has 2 amide bonds. The van der Waals surface area contributed by atoms with Gasteiger partial charge in [-0.15, -0.1) is 0 Å². The van der Waals surface area contributed by atoms with E-state index in [0.29, 0.717) is 43.4 Å². The first-order valence-corrected chi connectivity index (χ1v) is 11.8. The molecule has 0 aliphatic carbocycles. The molecule has 0 spiro atoms. The summed E-state index contributed by atoms with van der Waals surface area (Å²) in [5.41, 5.74) is 2.41. The number of hydrogen-bond donors (Lipinski definition) is 0. The lowest BCUT2D eigenvalue weighted by Gasteiger charge is -2.32. The molecule has 1 fully saturated rings. The van der Waals surface area contributed by atoms with Gasteiger partial charge >= 0.3 is 0 Å². The smallest absolute Gasteiger partial charge is 0.273 e. The van der Waals surface area contributed by atoms with Gasteiger partial charge in [0.25, 0.3) is 5.91 Å². The SMILES string of the molecule is Cc1nc([C@@H]2CCCN2C(=O)c2nccc3ccccc23)nc2c1CCC(=O)N2CC(C)C. The Morgan fingerprint density at radius 1 is 1.15 bits per heavy atom. The second kappa shape index (κ2) is 8.54. The van der Waals surface area contributed by atoms with Crippen LogP contribution in [-0.2, 0) is 11.2 Å². The monoisotopic (exact) mass is 443 g/mol. The lowest BCUT2D eigenvalue weighted by atomic mass is 10.0. The molecular formula is C26H29N5O2. The summed E-state index contributed by atoms with van der Waals surface area (Å²) in [6.45, 7) is 7.47. The highest BCUT2D eigenvalue weighted by Gasteiger charge is 2.36. The number of fused-ring (bicyclic) bond motifs is 2. The van der Waals surface area contributed by atoms with Crippen LogP contribution >= 0.6 is 0 Å². The molecule has 2 aromatic heterocycles. The summed E-state index contributed by atoms with van der Waals surface area (Å²) in [4.78, 5) is 44.2. The Morgan fingerprint density at radius 3 is 2.79 bits per heavy atom. The van der Waals surface area contributed by atoms with Crippen molar-refractivity contribution in [3.8, 4) is 0 Å². The maximum absolute atomic E-state index is 13.6. The van der Waals surface area contributed by atoms with E-state index in [1.54, 1.807) is 6.20 Å². The second-order valence-electron chi connectivity index (χ2n) is 9.40. The maximum atomic E-state index is 13.6. The first-order valence-electron chi connectivity index (χ1n) is 11.8. The molecule has 0 bridgehead atoms. The van der Waals surface area contributed by atoms with Crippen LogP contribution in [0.2, 0.25) is 0 Å². The zero-order valence-corrected chi connectivity index (χ0v) is 19.4. The first-order chi connectivity index (χ1) is 15.9. The molecule has 5 rings (SSSR count). The van der Waals surface area contributed by atoms with Crippen LogP contribution in [0.25, 0.3) is 10.8 Å². The Morgan fingerprint density at radius 2 is 1.97 bits per heavy atom. The number of carbonyl (C=O) groups excluding carboxylic acids is 2. The largest absolute Gasteiger partial charge is 0.327 e.